The quantitative estimate of drug-likeness (QED) is 0.883. The van der Waals surface area contributed by atoms with Crippen LogP contribution in [0.4, 0.5) is 0 Å². The number of carboxylic acid groups (broad SMARTS) is 1. The summed E-state index contributed by atoms with van der Waals surface area (Å²) in [6, 6.07) is 5.08. The number of carbonyl (C=O) groups excluding carboxylic acids is 1. The molecule has 0 spiro atoms. The molecule has 0 radical (unpaired) electrons. The van der Waals surface area contributed by atoms with Crippen LogP contribution in [0.5, 0.6) is 5.75 Å². The summed E-state index contributed by atoms with van der Waals surface area (Å²) in [7, 11) is 0. The van der Waals surface area contributed by atoms with Crippen LogP contribution in [0.2, 0.25) is 0 Å². The topological polar surface area (TPSA) is 75.6 Å². The second kappa shape index (κ2) is 5.15. The Bertz CT molecular complexity index is 535. The summed E-state index contributed by atoms with van der Waals surface area (Å²) in [6.45, 7) is 5.35. The van der Waals surface area contributed by atoms with Crippen molar-refractivity contribution in [3.05, 3.63) is 29.3 Å². The minimum Gasteiger partial charge on any atom is -0.487 e. The average Bonchev–Trinajstić information content (AvgIpc) is 2.60. The molecular formula is C15H19NO4. The minimum atomic E-state index is -0.960. The Kier molecular flexibility index (Phi) is 3.70. The Labute approximate surface area is 117 Å². The van der Waals surface area contributed by atoms with Crippen LogP contribution >= 0.6 is 0 Å². The number of amides is 1. The number of hydrogen-bond acceptors (Lipinski definition) is 3. The van der Waals surface area contributed by atoms with Crippen molar-refractivity contribution in [3.8, 4) is 5.75 Å². The number of aliphatic carboxylic acids is 1. The standard InChI is InChI=1S/C15H19NO4/c1-9(17)16-12(7-13(18)19)11-6-4-5-10-8-15(2,3)20-14(10)11/h4-6,12H,7-8H2,1-3H3,(H,16,17)(H,18,19)/t12-/m0/s1. The van der Waals surface area contributed by atoms with E-state index in [1.165, 1.54) is 6.92 Å². The number of benzene rings is 1. The summed E-state index contributed by atoms with van der Waals surface area (Å²) >= 11 is 0. The van der Waals surface area contributed by atoms with Gasteiger partial charge in [0.05, 0.1) is 12.5 Å². The van der Waals surface area contributed by atoms with Gasteiger partial charge in [0.1, 0.15) is 11.4 Å². The zero-order valence-electron chi connectivity index (χ0n) is 11.9. The molecule has 0 unspecified atom stereocenters. The van der Waals surface area contributed by atoms with E-state index in [9.17, 15) is 9.59 Å². The summed E-state index contributed by atoms with van der Waals surface area (Å²) in [6.07, 6.45) is 0.607. The Morgan fingerprint density at radius 2 is 2.15 bits per heavy atom. The normalized spacial score (nSPS) is 16.9. The number of nitrogens with one attached hydrogen (secondary N) is 1. The van der Waals surface area contributed by atoms with Gasteiger partial charge in [-0.2, -0.15) is 0 Å². The summed E-state index contributed by atoms with van der Waals surface area (Å²) in [4.78, 5) is 22.3. The molecule has 1 amide bonds. The van der Waals surface area contributed by atoms with E-state index in [-0.39, 0.29) is 17.9 Å². The summed E-state index contributed by atoms with van der Waals surface area (Å²) in [5, 5.41) is 11.7. The average molecular weight is 277 g/mol. The monoisotopic (exact) mass is 277 g/mol. The Morgan fingerprint density at radius 3 is 2.75 bits per heavy atom. The van der Waals surface area contributed by atoms with Gasteiger partial charge >= 0.3 is 5.97 Å². The molecule has 0 saturated carbocycles. The molecule has 1 atom stereocenters. The van der Waals surface area contributed by atoms with E-state index in [4.69, 9.17) is 9.84 Å². The zero-order chi connectivity index (χ0) is 14.9. The maximum absolute atomic E-state index is 11.3. The zero-order valence-corrected chi connectivity index (χ0v) is 11.9. The predicted molar refractivity (Wildman–Crippen MR) is 73.7 cm³/mol. The van der Waals surface area contributed by atoms with E-state index >= 15 is 0 Å². The molecule has 0 fully saturated rings. The van der Waals surface area contributed by atoms with Crippen molar-refractivity contribution in [2.75, 3.05) is 0 Å². The van der Waals surface area contributed by atoms with E-state index in [1.807, 2.05) is 32.0 Å². The Balaban J connectivity index is 2.38. The number of para-hydroxylation sites is 1. The van der Waals surface area contributed by atoms with Crippen LogP contribution in [0.3, 0.4) is 0 Å². The van der Waals surface area contributed by atoms with Gasteiger partial charge in [-0.05, 0) is 19.4 Å². The molecule has 2 N–H and O–H groups in total. The van der Waals surface area contributed by atoms with E-state index in [1.54, 1.807) is 0 Å². The van der Waals surface area contributed by atoms with Crippen LogP contribution in [-0.4, -0.2) is 22.6 Å². The van der Waals surface area contributed by atoms with Crippen molar-refractivity contribution in [1.29, 1.82) is 0 Å². The number of carbonyl (C=O) groups is 2. The molecule has 5 heteroatoms. The fraction of sp³-hybridized carbons (Fsp3) is 0.467. The lowest BCUT2D eigenvalue weighted by molar-refractivity contribution is -0.137. The smallest absolute Gasteiger partial charge is 0.305 e. The van der Waals surface area contributed by atoms with Gasteiger partial charge in [0, 0.05) is 18.9 Å². The van der Waals surface area contributed by atoms with Crippen molar-refractivity contribution in [3.63, 3.8) is 0 Å². The number of carboxylic acids is 1. The lowest BCUT2D eigenvalue weighted by Crippen LogP contribution is -2.29. The molecule has 0 aromatic heterocycles. The highest BCUT2D eigenvalue weighted by Gasteiger charge is 2.33. The van der Waals surface area contributed by atoms with Crippen molar-refractivity contribution in [2.24, 2.45) is 0 Å². The molecule has 0 aliphatic carbocycles. The van der Waals surface area contributed by atoms with Crippen LogP contribution in [0.15, 0.2) is 18.2 Å². The molecule has 0 bridgehead atoms. The second-order valence-electron chi connectivity index (χ2n) is 5.72. The molecule has 1 aromatic rings. The third-order valence-corrected chi connectivity index (χ3v) is 3.25. The summed E-state index contributed by atoms with van der Waals surface area (Å²) in [5.74, 6) is -0.512. The predicted octanol–water partition coefficient (Wildman–Crippen LogP) is 2.05. The molecule has 2 rings (SSSR count). The number of ether oxygens (including phenoxy) is 1. The van der Waals surface area contributed by atoms with Crippen molar-refractivity contribution in [1.82, 2.24) is 5.32 Å². The van der Waals surface area contributed by atoms with Gasteiger partial charge in [0.15, 0.2) is 0 Å². The first-order valence-electron chi connectivity index (χ1n) is 6.58. The summed E-state index contributed by atoms with van der Waals surface area (Å²) < 4.78 is 5.93. The fourth-order valence-electron chi connectivity index (χ4n) is 2.57. The highest BCUT2D eigenvalue weighted by Crippen LogP contribution is 2.40. The molecule has 1 heterocycles. The third kappa shape index (κ3) is 3.10. The maximum Gasteiger partial charge on any atom is 0.305 e. The van der Waals surface area contributed by atoms with E-state index in [0.717, 1.165) is 17.5 Å². The van der Waals surface area contributed by atoms with Crippen LogP contribution in [0, 0.1) is 0 Å². The van der Waals surface area contributed by atoms with E-state index < -0.39 is 12.0 Å². The number of hydrogen-bond donors (Lipinski definition) is 2. The minimum absolute atomic E-state index is 0.167. The summed E-state index contributed by atoms with van der Waals surface area (Å²) in [5.41, 5.74) is 1.47. The molecule has 0 saturated heterocycles. The molecule has 1 aliphatic heterocycles. The van der Waals surface area contributed by atoms with Gasteiger partial charge in [-0.25, -0.2) is 0 Å². The van der Waals surface area contributed by atoms with Crippen molar-refractivity contribution >= 4 is 11.9 Å². The Morgan fingerprint density at radius 1 is 1.45 bits per heavy atom. The number of fused-ring (bicyclic) bond motifs is 1. The van der Waals surface area contributed by atoms with Crippen LogP contribution < -0.4 is 10.1 Å². The van der Waals surface area contributed by atoms with Gasteiger partial charge in [0.25, 0.3) is 0 Å². The highest BCUT2D eigenvalue weighted by atomic mass is 16.5. The number of rotatable bonds is 4. The van der Waals surface area contributed by atoms with Crippen molar-refractivity contribution in [2.45, 2.75) is 45.3 Å². The van der Waals surface area contributed by atoms with Gasteiger partial charge < -0.3 is 15.2 Å². The van der Waals surface area contributed by atoms with Gasteiger partial charge in [-0.1, -0.05) is 18.2 Å². The lowest BCUT2D eigenvalue weighted by atomic mass is 9.97. The van der Waals surface area contributed by atoms with E-state index in [2.05, 4.69) is 5.32 Å². The highest BCUT2D eigenvalue weighted by molar-refractivity contribution is 5.75. The van der Waals surface area contributed by atoms with E-state index in [0.29, 0.717) is 5.75 Å². The van der Waals surface area contributed by atoms with Gasteiger partial charge in [0.2, 0.25) is 5.91 Å². The molecule has 5 nitrogen and oxygen atoms in total. The van der Waals surface area contributed by atoms with Gasteiger partial charge in [-0.3, -0.25) is 9.59 Å². The second-order valence-corrected chi connectivity index (χ2v) is 5.72. The largest absolute Gasteiger partial charge is 0.487 e. The molecule has 20 heavy (non-hydrogen) atoms. The first-order chi connectivity index (χ1) is 9.28. The van der Waals surface area contributed by atoms with Crippen LogP contribution in [-0.2, 0) is 16.0 Å². The lowest BCUT2D eigenvalue weighted by Gasteiger charge is -2.22. The van der Waals surface area contributed by atoms with Crippen LogP contribution in [0.25, 0.3) is 0 Å². The van der Waals surface area contributed by atoms with Crippen molar-refractivity contribution < 1.29 is 19.4 Å². The third-order valence-electron chi connectivity index (χ3n) is 3.25. The SMILES string of the molecule is CC(=O)N[C@@H](CC(=O)O)c1cccc2c1OC(C)(C)C2. The molecule has 108 valence electrons. The molecule has 1 aromatic carbocycles. The molecular weight excluding hydrogens is 258 g/mol. The maximum atomic E-state index is 11.3. The first-order valence-corrected chi connectivity index (χ1v) is 6.58. The first kappa shape index (κ1) is 14.4. The van der Waals surface area contributed by atoms with Crippen LogP contribution in [0.1, 0.15) is 44.4 Å². The fourth-order valence-corrected chi connectivity index (χ4v) is 2.57. The van der Waals surface area contributed by atoms with Gasteiger partial charge in [-0.15, -0.1) is 0 Å². The molecule has 1 aliphatic rings. The Hall–Kier alpha value is -2.04.